The zero-order valence-electron chi connectivity index (χ0n) is 13.1. The third kappa shape index (κ3) is 3.88. The van der Waals surface area contributed by atoms with Crippen LogP contribution >= 0.6 is 11.6 Å². The van der Waals surface area contributed by atoms with Gasteiger partial charge in [-0.1, -0.05) is 30.7 Å². The van der Waals surface area contributed by atoms with Crippen LogP contribution in [0.25, 0.3) is 0 Å². The number of piperidine rings is 1. The fraction of sp³-hybridized carbons (Fsp3) is 0.389. The molecule has 1 saturated heterocycles. The van der Waals surface area contributed by atoms with Gasteiger partial charge in [0.05, 0.1) is 5.02 Å². The Labute approximate surface area is 141 Å². The van der Waals surface area contributed by atoms with E-state index in [4.69, 9.17) is 20.8 Å². The van der Waals surface area contributed by atoms with Crippen LogP contribution in [0.4, 0.5) is 0 Å². The van der Waals surface area contributed by atoms with Crippen LogP contribution in [0.1, 0.15) is 36.1 Å². The van der Waals surface area contributed by atoms with Crippen LogP contribution in [-0.2, 0) is 6.61 Å². The highest BCUT2D eigenvalue weighted by Crippen LogP contribution is 2.25. The van der Waals surface area contributed by atoms with Gasteiger partial charge in [-0.2, -0.15) is 0 Å². The number of nitrogens with zero attached hydrogens (tertiary/aromatic N) is 1. The summed E-state index contributed by atoms with van der Waals surface area (Å²) in [5.41, 5.74) is 0. The number of amides is 1. The average molecular weight is 334 g/mol. The third-order valence-electron chi connectivity index (χ3n) is 4.02. The van der Waals surface area contributed by atoms with Crippen molar-refractivity contribution in [2.75, 3.05) is 13.1 Å². The van der Waals surface area contributed by atoms with Gasteiger partial charge in [0.15, 0.2) is 5.76 Å². The van der Waals surface area contributed by atoms with Crippen LogP contribution in [-0.4, -0.2) is 23.9 Å². The Hall–Kier alpha value is -1.94. The van der Waals surface area contributed by atoms with Gasteiger partial charge in [-0.3, -0.25) is 4.79 Å². The first kappa shape index (κ1) is 15.9. The zero-order valence-corrected chi connectivity index (χ0v) is 13.9. The minimum atomic E-state index is -0.0412. The Morgan fingerprint density at radius 1 is 1.35 bits per heavy atom. The average Bonchev–Trinajstić information content (AvgIpc) is 3.02. The summed E-state index contributed by atoms with van der Waals surface area (Å²) in [6, 6.07) is 10.8. The van der Waals surface area contributed by atoms with E-state index in [9.17, 15) is 4.79 Å². The lowest BCUT2D eigenvalue weighted by Crippen LogP contribution is -2.38. The maximum absolute atomic E-state index is 12.5. The summed E-state index contributed by atoms with van der Waals surface area (Å²) in [6.45, 7) is 4.01. The van der Waals surface area contributed by atoms with E-state index in [1.54, 1.807) is 24.3 Å². The molecule has 1 atom stereocenters. The molecule has 0 aliphatic carbocycles. The molecule has 2 aromatic rings. The van der Waals surface area contributed by atoms with Crippen LogP contribution in [0.15, 0.2) is 40.8 Å². The molecule has 122 valence electrons. The standard InChI is InChI=1S/C18H20ClNO3/c1-13-5-4-10-20(11-13)18(21)17-9-8-14(23-17)12-22-16-7-3-2-6-15(16)19/h2-3,6-9,13H,4-5,10-12H2,1H3/t13-/m0/s1. The predicted molar refractivity (Wildman–Crippen MR) is 88.8 cm³/mol. The number of likely N-dealkylation sites (tertiary alicyclic amines) is 1. The van der Waals surface area contributed by atoms with Gasteiger partial charge in [-0.25, -0.2) is 0 Å². The largest absolute Gasteiger partial charge is 0.484 e. The van der Waals surface area contributed by atoms with Crippen molar-refractivity contribution in [1.82, 2.24) is 4.90 Å². The van der Waals surface area contributed by atoms with E-state index in [0.717, 1.165) is 19.5 Å². The first-order chi connectivity index (χ1) is 11.1. The van der Waals surface area contributed by atoms with Gasteiger partial charge in [0.2, 0.25) is 0 Å². The minimum absolute atomic E-state index is 0.0412. The Balaban J connectivity index is 1.61. The zero-order chi connectivity index (χ0) is 16.2. The maximum Gasteiger partial charge on any atom is 0.289 e. The molecular weight excluding hydrogens is 314 g/mol. The molecule has 1 aromatic carbocycles. The number of halogens is 1. The Morgan fingerprint density at radius 3 is 2.96 bits per heavy atom. The van der Waals surface area contributed by atoms with Gasteiger partial charge in [0.1, 0.15) is 18.1 Å². The summed E-state index contributed by atoms with van der Waals surface area (Å²) in [5, 5.41) is 0.553. The molecule has 1 aliphatic rings. The van der Waals surface area contributed by atoms with E-state index in [1.807, 2.05) is 17.0 Å². The molecule has 1 fully saturated rings. The second-order valence-electron chi connectivity index (χ2n) is 5.98. The second kappa shape index (κ2) is 7.09. The van der Waals surface area contributed by atoms with Gasteiger partial charge in [-0.05, 0) is 43.0 Å². The molecule has 0 N–H and O–H groups in total. The van der Waals surface area contributed by atoms with Crippen molar-refractivity contribution < 1.29 is 13.9 Å². The summed E-state index contributed by atoms with van der Waals surface area (Å²) in [5.74, 6) is 2.09. The monoisotopic (exact) mass is 333 g/mol. The number of para-hydroxylation sites is 1. The molecule has 2 heterocycles. The molecule has 0 spiro atoms. The van der Waals surface area contributed by atoms with Crippen LogP contribution in [0, 0.1) is 5.92 Å². The van der Waals surface area contributed by atoms with Crippen molar-refractivity contribution in [3.8, 4) is 5.75 Å². The Bertz CT molecular complexity index is 682. The van der Waals surface area contributed by atoms with E-state index >= 15 is 0 Å². The van der Waals surface area contributed by atoms with E-state index in [0.29, 0.717) is 28.2 Å². The van der Waals surface area contributed by atoms with E-state index in [-0.39, 0.29) is 12.5 Å². The van der Waals surface area contributed by atoms with Crippen molar-refractivity contribution >= 4 is 17.5 Å². The molecule has 0 radical (unpaired) electrons. The number of ether oxygens (including phenoxy) is 1. The number of carbonyl (C=O) groups is 1. The van der Waals surface area contributed by atoms with Crippen molar-refractivity contribution in [3.05, 3.63) is 52.9 Å². The topological polar surface area (TPSA) is 42.7 Å². The smallest absolute Gasteiger partial charge is 0.289 e. The van der Waals surface area contributed by atoms with Gasteiger partial charge in [-0.15, -0.1) is 0 Å². The summed E-state index contributed by atoms with van der Waals surface area (Å²) in [6.07, 6.45) is 2.23. The van der Waals surface area contributed by atoms with Gasteiger partial charge in [0.25, 0.3) is 5.91 Å². The Kier molecular flexibility index (Phi) is 4.91. The molecule has 4 nitrogen and oxygen atoms in total. The van der Waals surface area contributed by atoms with Crippen molar-refractivity contribution in [2.45, 2.75) is 26.4 Å². The summed E-state index contributed by atoms with van der Waals surface area (Å²) >= 11 is 6.04. The van der Waals surface area contributed by atoms with E-state index in [2.05, 4.69) is 6.92 Å². The third-order valence-corrected chi connectivity index (χ3v) is 4.34. The van der Waals surface area contributed by atoms with Gasteiger partial charge < -0.3 is 14.1 Å². The molecule has 1 aromatic heterocycles. The van der Waals surface area contributed by atoms with Crippen molar-refractivity contribution in [3.63, 3.8) is 0 Å². The van der Waals surface area contributed by atoms with Crippen LogP contribution in [0.2, 0.25) is 5.02 Å². The fourth-order valence-corrected chi connectivity index (χ4v) is 3.00. The molecule has 5 heteroatoms. The normalized spacial score (nSPS) is 18.0. The van der Waals surface area contributed by atoms with E-state index in [1.165, 1.54) is 6.42 Å². The first-order valence-electron chi connectivity index (χ1n) is 7.89. The molecule has 3 rings (SSSR count). The van der Waals surface area contributed by atoms with Crippen molar-refractivity contribution in [2.24, 2.45) is 5.92 Å². The summed E-state index contributed by atoms with van der Waals surface area (Å²) < 4.78 is 11.3. The fourth-order valence-electron chi connectivity index (χ4n) is 2.81. The molecule has 0 saturated carbocycles. The summed E-state index contributed by atoms with van der Waals surface area (Å²) in [4.78, 5) is 14.3. The minimum Gasteiger partial charge on any atom is -0.484 e. The lowest BCUT2D eigenvalue weighted by atomic mass is 10.0. The number of rotatable bonds is 4. The number of hydrogen-bond acceptors (Lipinski definition) is 3. The highest BCUT2D eigenvalue weighted by molar-refractivity contribution is 6.32. The van der Waals surface area contributed by atoms with Crippen LogP contribution in [0.3, 0.4) is 0 Å². The lowest BCUT2D eigenvalue weighted by molar-refractivity contribution is 0.0647. The van der Waals surface area contributed by atoms with Gasteiger partial charge >= 0.3 is 0 Å². The highest BCUT2D eigenvalue weighted by Gasteiger charge is 2.24. The molecule has 0 bridgehead atoms. The SMILES string of the molecule is C[C@H]1CCCN(C(=O)c2ccc(COc3ccccc3Cl)o2)C1. The molecular formula is C18H20ClNO3. The number of furan rings is 1. The van der Waals surface area contributed by atoms with E-state index < -0.39 is 0 Å². The number of benzene rings is 1. The highest BCUT2D eigenvalue weighted by atomic mass is 35.5. The quantitative estimate of drug-likeness (QED) is 0.833. The van der Waals surface area contributed by atoms with Crippen molar-refractivity contribution in [1.29, 1.82) is 0 Å². The predicted octanol–water partition coefficient (Wildman–Crippen LogP) is 4.38. The molecule has 1 aliphatic heterocycles. The second-order valence-corrected chi connectivity index (χ2v) is 6.39. The maximum atomic E-state index is 12.5. The molecule has 23 heavy (non-hydrogen) atoms. The summed E-state index contributed by atoms with van der Waals surface area (Å²) in [7, 11) is 0. The first-order valence-corrected chi connectivity index (χ1v) is 8.26. The molecule has 1 amide bonds. The number of carbonyl (C=O) groups excluding carboxylic acids is 1. The van der Waals surface area contributed by atoms with Crippen LogP contribution < -0.4 is 4.74 Å². The number of hydrogen-bond donors (Lipinski definition) is 0. The van der Waals surface area contributed by atoms with Crippen LogP contribution in [0.5, 0.6) is 5.75 Å². The lowest BCUT2D eigenvalue weighted by Gasteiger charge is -2.30. The Morgan fingerprint density at radius 2 is 2.17 bits per heavy atom. The molecule has 0 unspecified atom stereocenters. The van der Waals surface area contributed by atoms with Gasteiger partial charge in [0, 0.05) is 13.1 Å².